The maximum absolute atomic E-state index is 14.1. The van der Waals surface area contributed by atoms with Crippen molar-refractivity contribution in [3.63, 3.8) is 0 Å². The molecule has 2 unspecified atom stereocenters. The van der Waals surface area contributed by atoms with E-state index in [2.05, 4.69) is 0 Å². The summed E-state index contributed by atoms with van der Waals surface area (Å²) in [5, 5.41) is 10.8. The van der Waals surface area contributed by atoms with Crippen LogP contribution >= 0.6 is 0 Å². The van der Waals surface area contributed by atoms with Crippen molar-refractivity contribution in [2.75, 3.05) is 6.61 Å². The highest BCUT2D eigenvalue weighted by Crippen LogP contribution is 2.44. The molecule has 0 aliphatic carbocycles. The second-order valence-corrected chi connectivity index (χ2v) is 9.10. The fourth-order valence-corrected chi connectivity index (χ4v) is 4.41. The second kappa shape index (κ2) is 11.2. The topological polar surface area (TPSA) is 55.5 Å². The molecule has 192 valence electrons. The normalized spacial score (nSPS) is 14.8. The van der Waals surface area contributed by atoms with Gasteiger partial charge in [-0.05, 0) is 72.7 Å². The van der Waals surface area contributed by atoms with E-state index in [0.29, 0.717) is 16.9 Å². The zero-order chi connectivity index (χ0) is 26.5. The van der Waals surface area contributed by atoms with Gasteiger partial charge in [0, 0.05) is 17.7 Å². The molecule has 0 aromatic heterocycles. The summed E-state index contributed by atoms with van der Waals surface area (Å²) < 4.78 is 62.1. The summed E-state index contributed by atoms with van der Waals surface area (Å²) in [7, 11) is 0. The van der Waals surface area contributed by atoms with Crippen LogP contribution in [0.2, 0.25) is 0 Å². The summed E-state index contributed by atoms with van der Waals surface area (Å²) in [6.07, 6.45) is -5.06. The molecule has 0 amide bonds. The van der Waals surface area contributed by atoms with Gasteiger partial charge < -0.3 is 15.6 Å². The van der Waals surface area contributed by atoms with Crippen LogP contribution in [-0.4, -0.2) is 23.5 Å². The summed E-state index contributed by atoms with van der Waals surface area (Å²) in [4.78, 5) is 0. The van der Waals surface area contributed by atoms with Crippen molar-refractivity contribution < 1.29 is 27.4 Å². The number of ether oxygens (including phenoxy) is 1. The van der Waals surface area contributed by atoms with Crippen LogP contribution in [0.4, 0.5) is 17.6 Å². The summed E-state index contributed by atoms with van der Waals surface area (Å²) in [5.41, 5.74) is 6.02. The van der Waals surface area contributed by atoms with Crippen molar-refractivity contribution in [3.05, 3.63) is 94.9 Å². The molecule has 36 heavy (non-hydrogen) atoms. The summed E-state index contributed by atoms with van der Waals surface area (Å²) in [6, 6.07) is 19.2. The number of aliphatic hydroxyl groups is 1. The van der Waals surface area contributed by atoms with Crippen LogP contribution in [0.5, 0.6) is 5.75 Å². The fourth-order valence-electron chi connectivity index (χ4n) is 4.41. The highest BCUT2D eigenvalue weighted by atomic mass is 19.4. The Labute approximate surface area is 209 Å². The molecule has 3 aromatic carbocycles. The van der Waals surface area contributed by atoms with E-state index in [-0.39, 0.29) is 17.9 Å². The van der Waals surface area contributed by atoms with Crippen LogP contribution in [0, 0.1) is 12.7 Å². The second-order valence-electron chi connectivity index (χ2n) is 9.10. The highest BCUT2D eigenvalue weighted by Gasteiger charge is 2.54. The molecule has 2 atom stereocenters. The van der Waals surface area contributed by atoms with Gasteiger partial charge >= 0.3 is 6.18 Å². The average Bonchev–Trinajstić information content (AvgIpc) is 2.80. The maximum Gasteiger partial charge on any atom is 0.417 e. The van der Waals surface area contributed by atoms with Crippen molar-refractivity contribution >= 4 is 6.08 Å². The monoisotopic (exact) mass is 501 g/mol. The van der Waals surface area contributed by atoms with Crippen molar-refractivity contribution in [2.45, 2.75) is 51.3 Å². The van der Waals surface area contributed by atoms with Crippen molar-refractivity contribution in [2.24, 2.45) is 5.73 Å². The van der Waals surface area contributed by atoms with E-state index in [9.17, 15) is 22.7 Å². The molecule has 0 radical (unpaired) electrons. The Kier molecular flexibility index (Phi) is 8.46. The van der Waals surface area contributed by atoms with Gasteiger partial charge in [0.1, 0.15) is 11.6 Å². The zero-order valence-corrected chi connectivity index (χ0v) is 20.6. The molecular weight excluding hydrogens is 470 g/mol. The quantitative estimate of drug-likeness (QED) is 0.301. The number of halogens is 4. The predicted octanol–water partition coefficient (Wildman–Crippen LogP) is 7.38. The molecule has 0 aliphatic heterocycles. The minimum atomic E-state index is -4.96. The lowest BCUT2D eigenvalue weighted by atomic mass is 9.82. The fraction of sp³-hybridized carbons (Fsp3) is 0.310. The number of hydrogen-bond acceptors (Lipinski definition) is 3. The maximum atomic E-state index is 14.1. The third-order valence-corrected chi connectivity index (χ3v) is 6.10. The van der Waals surface area contributed by atoms with E-state index in [1.807, 2.05) is 42.5 Å². The van der Waals surface area contributed by atoms with Gasteiger partial charge in [-0.3, -0.25) is 0 Å². The van der Waals surface area contributed by atoms with Crippen LogP contribution in [0.3, 0.4) is 0 Å². The lowest BCUT2D eigenvalue weighted by molar-refractivity contribution is -0.263. The summed E-state index contributed by atoms with van der Waals surface area (Å²) >= 11 is 0. The molecular formula is C29H31F4NO2. The summed E-state index contributed by atoms with van der Waals surface area (Å²) in [6.45, 7) is 5.15. The number of alkyl halides is 3. The van der Waals surface area contributed by atoms with Gasteiger partial charge in [0.2, 0.25) is 0 Å². The molecule has 0 saturated carbocycles. The van der Waals surface area contributed by atoms with E-state index < -0.39 is 36.4 Å². The van der Waals surface area contributed by atoms with Gasteiger partial charge in [0.25, 0.3) is 0 Å². The van der Waals surface area contributed by atoms with Crippen LogP contribution in [-0.2, 0) is 0 Å². The number of nitrogens with two attached hydrogens (primary N) is 1. The Bertz CT molecular complexity index is 1210. The summed E-state index contributed by atoms with van der Waals surface area (Å²) in [5.74, 6) is -1.11. The molecule has 3 N–H and O–H groups in total. The molecule has 3 nitrogen and oxygen atoms in total. The Morgan fingerprint density at radius 3 is 2.33 bits per heavy atom. The highest BCUT2D eigenvalue weighted by molar-refractivity contribution is 5.67. The molecule has 0 heterocycles. The Morgan fingerprint density at radius 2 is 1.69 bits per heavy atom. The first-order chi connectivity index (χ1) is 16.9. The third kappa shape index (κ3) is 6.46. The van der Waals surface area contributed by atoms with Gasteiger partial charge in [-0.25, -0.2) is 4.39 Å². The first-order valence-corrected chi connectivity index (χ1v) is 11.8. The van der Waals surface area contributed by atoms with E-state index in [1.165, 1.54) is 19.1 Å². The smallest absolute Gasteiger partial charge is 0.417 e. The number of aryl methyl sites for hydroxylation is 1. The molecule has 3 rings (SSSR count). The van der Waals surface area contributed by atoms with E-state index in [0.717, 1.165) is 17.2 Å². The standard InChI is InChI=1S/C29H31F4NO2/c1-4-36-27-19(2)13-24(30)16-26(27)20(3)17-28(35,29(31,32)33)18-25(34)15-21-9-8-12-23(14-21)22-10-6-5-7-11-22/h5-16,20,35H,4,17-18,34H2,1-3H3/b25-15-. The van der Waals surface area contributed by atoms with Crippen LogP contribution in [0.1, 0.15) is 49.3 Å². The largest absolute Gasteiger partial charge is 0.493 e. The van der Waals surface area contributed by atoms with Gasteiger partial charge in [-0.2, -0.15) is 13.2 Å². The van der Waals surface area contributed by atoms with Gasteiger partial charge in [0.05, 0.1) is 6.61 Å². The molecule has 0 aliphatic rings. The van der Waals surface area contributed by atoms with Gasteiger partial charge in [-0.1, -0.05) is 55.5 Å². The minimum Gasteiger partial charge on any atom is -0.493 e. The number of hydrogen-bond donors (Lipinski definition) is 2. The van der Waals surface area contributed by atoms with Crippen LogP contribution < -0.4 is 10.5 Å². The molecule has 0 fully saturated rings. The molecule has 0 spiro atoms. The van der Waals surface area contributed by atoms with Crippen LogP contribution in [0.15, 0.2) is 72.4 Å². The average molecular weight is 502 g/mol. The van der Waals surface area contributed by atoms with Crippen LogP contribution in [0.25, 0.3) is 17.2 Å². The Balaban J connectivity index is 1.89. The van der Waals surface area contributed by atoms with E-state index in [4.69, 9.17) is 10.5 Å². The first-order valence-electron chi connectivity index (χ1n) is 11.8. The molecule has 0 saturated heterocycles. The Morgan fingerprint density at radius 1 is 1.03 bits per heavy atom. The SMILES string of the molecule is CCOc1c(C)cc(F)cc1C(C)CC(O)(C/C(N)=C/c1cccc(-c2ccccc2)c1)C(F)(F)F. The first kappa shape index (κ1) is 27.3. The lowest BCUT2D eigenvalue weighted by Crippen LogP contribution is -2.47. The predicted molar refractivity (Wildman–Crippen MR) is 135 cm³/mol. The number of rotatable bonds is 9. The van der Waals surface area contributed by atoms with E-state index >= 15 is 0 Å². The molecule has 3 aromatic rings. The van der Waals surface area contributed by atoms with Gasteiger partial charge in [-0.15, -0.1) is 0 Å². The lowest BCUT2D eigenvalue weighted by Gasteiger charge is -2.33. The Hall–Kier alpha value is -3.32. The van der Waals surface area contributed by atoms with E-state index in [1.54, 1.807) is 26.0 Å². The minimum absolute atomic E-state index is 0.118. The van der Waals surface area contributed by atoms with Gasteiger partial charge in [0.15, 0.2) is 5.60 Å². The third-order valence-electron chi connectivity index (χ3n) is 6.10. The number of benzene rings is 3. The van der Waals surface area contributed by atoms with Crippen molar-refractivity contribution in [1.29, 1.82) is 0 Å². The van der Waals surface area contributed by atoms with Crippen molar-refractivity contribution in [3.8, 4) is 16.9 Å². The molecule has 0 bridgehead atoms. The zero-order valence-electron chi connectivity index (χ0n) is 20.6. The van der Waals surface area contributed by atoms with Crippen molar-refractivity contribution in [1.82, 2.24) is 0 Å². The molecule has 7 heteroatoms.